The van der Waals surface area contributed by atoms with Gasteiger partial charge in [-0.05, 0) is 39.7 Å². The predicted octanol–water partition coefficient (Wildman–Crippen LogP) is 3.32. The van der Waals surface area contributed by atoms with Crippen molar-refractivity contribution < 1.29 is 9.90 Å². The number of aliphatic carboxylic acids is 1. The fraction of sp³-hybridized carbons (Fsp3) is 0.750. The molecule has 0 bridgehead atoms. The molecule has 1 rings (SSSR count). The molecule has 0 radical (unpaired) electrons. The molecular weight excluding hydrogens is 266 g/mol. The van der Waals surface area contributed by atoms with Crippen molar-refractivity contribution in [2.45, 2.75) is 72.0 Å². The van der Waals surface area contributed by atoms with Crippen molar-refractivity contribution in [2.24, 2.45) is 0 Å². The molecule has 0 aromatic carbocycles. The Morgan fingerprint density at radius 3 is 2.48 bits per heavy atom. The average Bonchev–Trinajstić information content (AvgIpc) is 2.83. The quantitative estimate of drug-likeness (QED) is 0.799. The van der Waals surface area contributed by atoms with Crippen LogP contribution in [0, 0.1) is 0 Å². The first-order valence-electron chi connectivity index (χ1n) is 7.78. The Kier molecular flexibility index (Phi) is 6.40. The molecule has 0 aliphatic carbocycles. The van der Waals surface area contributed by atoms with Crippen LogP contribution in [0.5, 0.6) is 0 Å². The summed E-state index contributed by atoms with van der Waals surface area (Å²) in [6, 6.07) is 2.48. The summed E-state index contributed by atoms with van der Waals surface area (Å²) in [7, 11) is 0. The molecule has 0 aliphatic rings. The number of carboxylic acids is 1. The van der Waals surface area contributed by atoms with E-state index in [0.29, 0.717) is 19.1 Å². The monoisotopic (exact) mass is 295 g/mol. The third kappa shape index (κ3) is 5.50. The maximum absolute atomic E-state index is 10.8. The summed E-state index contributed by atoms with van der Waals surface area (Å²) in [5, 5.41) is 13.5. The van der Waals surface area contributed by atoms with Crippen LogP contribution >= 0.6 is 0 Å². The van der Waals surface area contributed by atoms with E-state index in [0.717, 1.165) is 18.5 Å². The number of aromatic nitrogens is 2. The van der Waals surface area contributed by atoms with Gasteiger partial charge in [0, 0.05) is 24.8 Å². The van der Waals surface area contributed by atoms with Crippen LogP contribution < -0.4 is 0 Å². The summed E-state index contributed by atoms with van der Waals surface area (Å²) in [5.74, 6) is -0.758. The van der Waals surface area contributed by atoms with Gasteiger partial charge in [0.2, 0.25) is 0 Å². The summed E-state index contributed by atoms with van der Waals surface area (Å²) >= 11 is 0. The number of nitrogens with zero attached hydrogens (tertiary/aromatic N) is 3. The van der Waals surface area contributed by atoms with Gasteiger partial charge in [0.05, 0.1) is 18.2 Å². The van der Waals surface area contributed by atoms with Crippen molar-refractivity contribution in [3.8, 4) is 0 Å². The Labute approximate surface area is 127 Å². The Balaban J connectivity index is 2.77. The number of rotatable bonds is 8. The second-order valence-corrected chi connectivity index (χ2v) is 6.49. The third-order valence-electron chi connectivity index (χ3n) is 3.88. The lowest BCUT2D eigenvalue weighted by Crippen LogP contribution is -2.42. The lowest BCUT2D eigenvalue weighted by atomic mass is 10.1. The van der Waals surface area contributed by atoms with Crippen LogP contribution in [0.4, 0.5) is 0 Å². The van der Waals surface area contributed by atoms with Gasteiger partial charge in [-0.1, -0.05) is 13.8 Å². The summed E-state index contributed by atoms with van der Waals surface area (Å²) < 4.78 is 2.04. The minimum atomic E-state index is -0.758. The average molecular weight is 295 g/mol. The second kappa shape index (κ2) is 7.59. The molecule has 0 unspecified atom stereocenters. The van der Waals surface area contributed by atoms with E-state index in [2.05, 4.69) is 44.6 Å². The molecule has 0 spiro atoms. The second-order valence-electron chi connectivity index (χ2n) is 6.49. The minimum Gasteiger partial charge on any atom is -0.481 e. The van der Waals surface area contributed by atoms with Crippen molar-refractivity contribution in [1.29, 1.82) is 0 Å². The predicted molar refractivity (Wildman–Crippen MR) is 84.3 cm³/mol. The largest absolute Gasteiger partial charge is 0.481 e. The van der Waals surface area contributed by atoms with Gasteiger partial charge in [-0.2, -0.15) is 5.10 Å². The summed E-state index contributed by atoms with van der Waals surface area (Å²) in [6.07, 6.45) is 4.33. The molecule has 21 heavy (non-hydrogen) atoms. The van der Waals surface area contributed by atoms with E-state index in [1.807, 2.05) is 16.9 Å². The molecule has 0 fully saturated rings. The van der Waals surface area contributed by atoms with Gasteiger partial charge in [0.25, 0.3) is 0 Å². The van der Waals surface area contributed by atoms with Gasteiger partial charge in [-0.25, -0.2) is 0 Å². The van der Waals surface area contributed by atoms with Crippen molar-refractivity contribution in [2.75, 3.05) is 6.54 Å². The molecule has 0 aliphatic heterocycles. The van der Waals surface area contributed by atoms with E-state index >= 15 is 0 Å². The number of hydrogen-bond donors (Lipinski definition) is 1. The summed E-state index contributed by atoms with van der Waals surface area (Å²) in [6.45, 7) is 11.9. The van der Waals surface area contributed by atoms with E-state index in [9.17, 15) is 4.79 Å². The first-order valence-corrected chi connectivity index (χ1v) is 7.78. The zero-order valence-electron chi connectivity index (χ0n) is 14.0. The number of carboxylic acid groups (broad SMARTS) is 1. The van der Waals surface area contributed by atoms with Crippen LogP contribution in [0.15, 0.2) is 12.3 Å². The Bertz CT molecular complexity index is 445. The molecule has 1 aromatic heterocycles. The van der Waals surface area contributed by atoms with Crippen molar-refractivity contribution in [3.05, 3.63) is 18.0 Å². The molecule has 5 heteroatoms. The highest BCUT2D eigenvalue weighted by Gasteiger charge is 2.23. The van der Waals surface area contributed by atoms with E-state index < -0.39 is 5.97 Å². The van der Waals surface area contributed by atoms with Crippen molar-refractivity contribution >= 4 is 5.97 Å². The minimum absolute atomic E-state index is 0.0753. The van der Waals surface area contributed by atoms with Crippen molar-refractivity contribution in [3.63, 3.8) is 0 Å². The molecule has 5 nitrogen and oxygen atoms in total. The zero-order chi connectivity index (χ0) is 16.0. The zero-order valence-corrected chi connectivity index (χ0v) is 14.0. The maximum Gasteiger partial charge on any atom is 0.304 e. The van der Waals surface area contributed by atoms with E-state index in [-0.39, 0.29) is 12.0 Å². The van der Waals surface area contributed by atoms with Gasteiger partial charge < -0.3 is 5.11 Å². The Hall–Kier alpha value is -1.36. The molecule has 1 heterocycles. The molecule has 0 atom stereocenters. The van der Waals surface area contributed by atoms with E-state index in [1.165, 1.54) is 0 Å². The van der Waals surface area contributed by atoms with Crippen LogP contribution in [0.2, 0.25) is 0 Å². The van der Waals surface area contributed by atoms with E-state index in [4.69, 9.17) is 5.11 Å². The highest BCUT2D eigenvalue weighted by Crippen LogP contribution is 2.19. The Morgan fingerprint density at radius 2 is 2.00 bits per heavy atom. The van der Waals surface area contributed by atoms with Crippen LogP contribution in [-0.4, -0.2) is 37.8 Å². The van der Waals surface area contributed by atoms with Gasteiger partial charge in [-0.3, -0.25) is 14.4 Å². The first-order chi connectivity index (χ1) is 9.77. The highest BCUT2D eigenvalue weighted by molar-refractivity contribution is 5.66. The fourth-order valence-corrected chi connectivity index (χ4v) is 2.41. The first kappa shape index (κ1) is 17.7. The topological polar surface area (TPSA) is 58.4 Å². The maximum atomic E-state index is 10.8. The van der Waals surface area contributed by atoms with Crippen LogP contribution in [0.25, 0.3) is 0 Å². The summed E-state index contributed by atoms with van der Waals surface area (Å²) in [4.78, 5) is 13.0. The van der Waals surface area contributed by atoms with Gasteiger partial charge >= 0.3 is 5.97 Å². The third-order valence-corrected chi connectivity index (χ3v) is 3.88. The number of hydrogen-bond acceptors (Lipinski definition) is 3. The highest BCUT2D eigenvalue weighted by atomic mass is 16.4. The van der Waals surface area contributed by atoms with Crippen LogP contribution in [0.3, 0.4) is 0 Å². The Morgan fingerprint density at radius 1 is 1.38 bits per heavy atom. The lowest BCUT2D eigenvalue weighted by Gasteiger charge is -2.34. The molecule has 0 amide bonds. The molecular formula is C16H29N3O2. The van der Waals surface area contributed by atoms with Crippen LogP contribution in [0.1, 0.15) is 65.6 Å². The van der Waals surface area contributed by atoms with E-state index in [1.54, 1.807) is 0 Å². The number of carbonyl (C=O) groups is 1. The summed E-state index contributed by atoms with van der Waals surface area (Å²) in [5.41, 5.74) is 0.927. The SMILES string of the molecule is CCC(CC)n1ccc(CN(CCC(=O)O)C(C)(C)C)n1. The van der Waals surface area contributed by atoms with Gasteiger partial charge in [-0.15, -0.1) is 0 Å². The molecule has 1 aromatic rings. The van der Waals surface area contributed by atoms with Crippen LogP contribution in [-0.2, 0) is 11.3 Å². The molecule has 0 saturated carbocycles. The normalized spacial score (nSPS) is 12.3. The van der Waals surface area contributed by atoms with Crippen molar-refractivity contribution in [1.82, 2.24) is 14.7 Å². The lowest BCUT2D eigenvalue weighted by molar-refractivity contribution is -0.137. The smallest absolute Gasteiger partial charge is 0.304 e. The molecule has 120 valence electrons. The molecule has 0 saturated heterocycles. The fourth-order valence-electron chi connectivity index (χ4n) is 2.41. The van der Waals surface area contributed by atoms with Gasteiger partial charge in [0.1, 0.15) is 0 Å². The standard InChI is InChI=1S/C16H29N3O2/c1-6-14(7-2)19-11-8-13(17-19)12-18(16(3,4)5)10-9-15(20)21/h8,11,14H,6-7,9-10,12H2,1-5H3,(H,20,21). The molecule has 1 N–H and O–H groups in total. The van der Waals surface area contributed by atoms with Gasteiger partial charge in [0.15, 0.2) is 0 Å².